The Morgan fingerprint density at radius 2 is 1.83 bits per heavy atom. The molecule has 3 N–H and O–H groups in total. The van der Waals surface area contributed by atoms with Crippen LogP contribution >= 0.6 is 0 Å². The van der Waals surface area contributed by atoms with E-state index in [4.69, 9.17) is 34.6 Å². The summed E-state index contributed by atoms with van der Waals surface area (Å²) < 4.78 is 23.4. The van der Waals surface area contributed by atoms with Crippen molar-refractivity contribution in [3.63, 3.8) is 0 Å². The number of hydrogen-bond acceptors (Lipinski definition) is 10. The second-order valence-electron chi connectivity index (χ2n) is 10.3. The summed E-state index contributed by atoms with van der Waals surface area (Å²) in [4.78, 5) is 22.3. The molecule has 5 rings (SSSR count). The molecule has 0 aliphatic rings. The SMILES string of the molecule is COCCOc1cc2c(Nc3ccc4c(cnn4C(=O)OC(C)(C)C)c3)nc(-c3cccc(N)c3)nc2cc1OC. The predicted octanol–water partition coefficient (Wildman–Crippen LogP) is 5.79. The van der Waals surface area contributed by atoms with Crippen LogP contribution < -0.4 is 20.5 Å². The molecule has 0 aliphatic heterocycles. The van der Waals surface area contributed by atoms with Crippen molar-refractivity contribution in [1.29, 1.82) is 0 Å². The Morgan fingerprint density at radius 1 is 1.00 bits per heavy atom. The zero-order valence-electron chi connectivity index (χ0n) is 23.6. The third-order valence-electron chi connectivity index (χ3n) is 6.07. The Balaban J connectivity index is 1.58. The molecule has 0 aliphatic carbocycles. The molecular formula is C30H32N6O5. The first kappa shape index (κ1) is 27.7. The number of anilines is 3. The molecule has 0 spiro atoms. The standard InChI is InChI=1S/C30H32N6O5/c1-30(2,3)41-29(37)36-24-10-9-21(14-19(24)17-32-36)33-28-22-15-26(40-12-11-38-4)25(39-5)16-23(22)34-27(35-28)18-7-6-8-20(31)13-18/h6-10,13-17H,11-12,31H2,1-5H3,(H,33,34,35). The number of nitrogens with one attached hydrogen (secondary N) is 1. The predicted molar refractivity (Wildman–Crippen MR) is 158 cm³/mol. The molecule has 5 aromatic rings. The van der Waals surface area contributed by atoms with Crippen molar-refractivity contribution >= 4 is 45.1 Å². The van der Waals surface area contributed by atoms with E-state index >= 15 is 0 Å². The molecule has 2 aromatic heterocycles. The first-order chi connectivity index (χ1) is 19.6. The van der Waals surface area contributed by atoms with E-state index in [0.717, 1.165) is 22.0 Å². The summed E-state index contributed by atoms with van der Waals surface area (Å²) in [6, 6.07) is 16.6. The van der Waals surface area contributed by atoms with Gasteiger partial charge in [0.2, 0.25) is 0 Å². The van der Waals surface area contributed by atoms with Crippen molar-refractivity contribution in [3.8, 4) is 22.9 Å². The van der Waals surface area contributed by atoms with E-state index in [0.29, 0.717) is 53.1 Å². The topological polar surface area (TPSA) is 136 Å². The van der Waals surface area contributed by atoms with E-state index in [1.54, 1.807) is 26.5 Å². The maximum absolute atomic E-state index is 12.6. The van der Waals surface area contributed by atoms with Gasteiger partial charge in [0.1, 0.15) is 18.0 Å². The van der Waals surface area contributed by atoms with Crippen molar-refractivity contribution in [3.05, 3.63) is 60.8 Å². The summed E-state index contributed by atoms with van der Waals surface area (Å²) >= 11 is 0. The largest absolute Gasteiger partial charge is 0.493 e. The van der Waals surface area contributed by atoms with Crippen molar-refractivity contribution in [2.45, 2.75) is 26.4 Å². The summed E-state index contributed by atoms with van der Waals surface area (Å²) in [7, 11) is 3.19. The highest BCUT2D eigenvalue weighted by Gasteiger charge is 2.21. The van der Waals surface area contributed by atoms with Crippen LogP contribution in [0.1, 0.15) is 20.8 Å². The average molecular weight is 557 g/mol. The van der Waals surface area contributed by atoms with E-state index in [2.05, 4.69) is 10.4 Å². The highest BCUT2D eigenvalue weighted by molar-refractivity contribution is 5.96. The number of nitrogen functional groups attached to an aromatic ring is 1. The molecule has 11 nitrogen and oxygen atoms in total. The minimum Gasteiger partial charge on any atom is -0.493 e. The lowest BCUT2D eigenvalue weighted by Crippen LogP contribution is -2.27. The molecule has 0 unspecified atom stereocenters. The number of benzene rings is 3. The van der Waals surface area contributed by atoms with Gasteiger partial charge in [0.05, 0.1) is 30.9 Å². The Morgan fingerprint density at radius 3 is 2.56 bits per heavy atom. The van der Waals surface area contributed by atoms with Gasteiger partial charge in [0.15, 0.2) is 17.3 Å². The Bertz CT molecular complexity index is 1730. The molecule has 0 fully saturated rings. The molecule has 0 radical (unpaired) electrons. The number of fused-ring (bicyclic) bond motifs is 2. The molecule has 41 heavy (non-hydrogen) atoms. The molecule has 11 heteroatoms. The van der Waals surface area contributed by atoms with E-state index in [1.165, 1.54) is 4.68 Å². The second kappa shape index (κ2) is 11.3. The first-order valence-corrected chi connectivity index (χ1v) is 13.0. The number of carbonyl (C=O) groups is 1. The van der Waals surface area contributed by atoms with Gasteiger partial charge in [0, 0.05) is 40.9 Å². The molecule has 212 valence electrons. The number of aromatic nitrogens is 4. The lowest BCUT2D eigenvalue weighted by Gasteiger charge is -2.19. The van der Waals surface area contributed by atoms with Crippen LogP contribution in [0.4, 0.5) is 22.0 Å². The van der Waals surface area contributed by atoms with Gasteiger partial charge in [-0.1, -0.05) is 12.1 Å². The van der Waals surface area contributed by atoms with Crippen molar-refractivity contribution in [2.75, 3.05) is 38.5 Å². The maximum Gasteiger partial charge on any atom is 0.435 e. The third kappa shape index (κ3) is 6.15. The molecule has 3 aromatic carbocycles. The lowest BCUT2D eigenvalue weighted by molar-refractivity contribution is 0.0522. The van der Waals surface area contributed by atoms with Gasteiger partial charge in [-0.25, -0.2) is 14.8 Å². The monoisotopic (exact) mass is 556 g/mol. The zero-order chi connectivity index (χ0) is 29.1. The number of nitrogens with zero attached hydrogens (tertiary/aromatic N) is 4. The molecule has 0 atom stereocenters. The van der Waals surface area contributed by atoms with Gasteiger partial charge in [0.25, 0.3) is 0 Å². The number of carbonyl (C=O) groups excluding carboxylic acids is 1. The van der Waals surface area contributed by atoms with Crippen LogP contribution in [0.3, 0.4) is 0 Å². The van der Waals surface area contributed by atoms with E-state index in [1.807, 2.05) is 69.3 Å². The van der Waals surface area contributed by atoms with E-state index in [-0.39, 0.29) is 0 Å². The average Bonchev–Trinajstić information content (AvgIpc) is 3.35. The summed E-state index contributed by atoms with van der Waals surface area (Å²) in [5.41, 5.74) is 8.78. The van der Waals surface area contributed by atoms with Crippen LogP contribution in [0.5, 0.6) is 11.5 Å². The number of hydrogen-bond donors (Lipinski definition) is 2. The van der Waals surface area contributed by atoms with Crippen LogP contribution in [-0.4, -0.2) is 58.9 Å². The molecule has 2 heterocycles. The number of ether oxygens (including phenoxy) is 4. The molecule has 0 bridgehead atoms. The quantitative estimate of drug-likeness (QED) is 0.179. The Labute approximate surface area is 237 Å². The number of rotatable bonds is 8. The fourth-order valence-corrected chi connectivity index (χ4v) is 4.24. The van der Waals surface area contributed by atoms with Gasteiger partial charge in [-0.05, 0) is 57.2 Å². The Kier molecular flexibility index (Phi) is 7.62. The summed E-state index contributed by atoms with van der Waals surface area (Å²) in [6.45, 7) is 6.21. The van der Waals surface area contributed by atoms with Crippen molar-refractivity contribution in [2.24, 2.45) is 0 Å². The highest BCUT2D eigenvalue weighted by Crippen LogP contribution is 2.37. The third-order valence-corrected chi connectivity index (χ3v) is 6.07. The first-order valence-electron chi connectivity index (χ1n) is 13.0. The van der Waals surface area contributed by atoms with Crippen LogP contribution in [0.25, 0.3) is 33.2 Å². The lowest BCUT2D eigenvalue weighted by atomic mass is 10.1. The van der Waals surface area contributed by atoms with Gasteiger partial charge in [-0.15, -0.1) is 0 Å². The molecule has 0 amide bonds. The fourth-order valence-electron chi connectivity index (χ4n) is 4.24. The van der Waals surface area contributed by atoms with E-state index in [9.17, 15) is 4.79 Å². The van der Waals surface area contributed by atoms with Crippen LogP contribution in [0, 0.1) is 0 Å². The van der Waals surface area contributed by atoms with Crippen LogP contribution in [0.15, 0.2) is 60.8 Å². The van der Waals surface area contributed by atoms with Gasteiger partial charge in [-0.2, -0.15) is 9.78 Å². The molecule has 0 saturated heterocycles. The van der Waals surface area contributed by atoms with Gasteiger partial charge in [-0.3, -0.25) is 0 Å². The fraction of sp³-hybridized carbons (Fsp3) is 0.267. The summed E-state index contributed by atoms with van der Waals surface area (Å²) in [5, 5.41) is 9.13. The zero-order valence-corrected chi connectivity index (χ0v) is 23.6. The molecule has 0 saturated carbocycles. The minimum absolute atomic E-state index is 0.349. The normalized spacial score (nSPS) is 11.5. The summed E-state index contributed by atoms with van der Waals surface area (Å²) in [5.74, 6) is 2.11. The van der Waals surface area contributed by atoms with Crippen LogP contribution in [0.2, 0.25) is 0 Å². The maximum atomic E-state index is 12.6. The van der Waals surface area contributed by atoms with E-state index < -0.39 is 11.7 Å². The summed E-state index contributed by atoms with van der Waals surface area (Å²) in [6.07, 6.45) is 1.07. The number of nitrogens with two attached hydrogens (primary N) is 1. The highest BCUT2D eigenvalue weighted by atomic mass is 16.6. The van der Waals surface area contributed by atoms with Gasteiger partial charge >= 0.3 is 6.09 Å². The minimum atomic E-state index is -0.638. The van der Waals surface area contributed by atoms with Crippen LogP contribution in [-0.2, 0) is 9.47 Å². The molecular weight excluding hydrogens is 524 g/mol. The van der Waals surface area contributed by atoms with Gasteiger partial charge < -0.3 is 30.0 Å². The smallest absolute Gasteiger partial charge is 0.435 e. The Hall–Kier alpha value is -4.90. The van der Waals surface area contributed by atoms with Crippen molar-refractivity contribution in [1.82, 2.24) is 19.7 Å². The second-order valence-corrected chi connectivity index (χ2v) is 10.3. The van der Waals surface area contributed by atoms with Crippen molar-refractivity contribution < 1.29 is 23.7 Å². The number of methoxy groups -OCH3 is 2.